The minimum Gasteiger partial charge on any atom is -0.393 e. The molecular weight excluding hydrogens is 400 g/mol. The third kappa shape index (κ3) is 4.30. The van der Waals surface area contributed by atoms with Gasteiger partial charge in [-0.2, -0.15) is 11.8 Å². The van der Waals surface area contributed by atoms with Crippen molar-refractivity contribution in [1.82, 2.24) is 0 Å². The van der Waals surface area contributed by atoms with Crippen LogP contribution in [0.15, 0.2) is 11.6 Å². The van der Waals surface area contributed by atoms with Gasteiger partial charge in [-0.05, 0) is 98.4 Å². The lowest BCUT2D eigenvalue weighted by Gasteiger charge is -2.62. The summed E-state index contributed by atoms with van der Waals surface area (Å²) < 4.78 is 0. The molecule has 0 aliphatic heterocycles. The molecule has 4 aliphatic carbocycles. The van der Waals surface area contributed by atoms with Crippen LogP contribution in [0, 0.1) is 28.1 Å². The SMILES string of the molecule is CCCCCCCSCCC12CC[C@@H]3C(=CC[C@]4(C)C(O)CC[C@@H]34)[C@@]1(C)CCC(O)C2. The van der Waals surface area contributed by atoms with Crippen LogP contribution in [0.3, 0.4) is 0 Å². The fraction of sp³-hybridized carbons (Fsp3) is 0.929. The van der Waals surface area contributed by atoms with Crippen LogP contribution in [0.2, 0.25) is 0 Å². The number of aliphatic hydroxyl groups excluding tert-OH is 2. The molecule has 0 saturated heterocycles. The molecule has 0 heterocycles. The summed E-state index contributed by atoms with van der Waals surface area (Å²) in [6, 6.07) is 0. The number of hydrogen-bond acceptors (Lipinski definition) is 3. The van der Waals surface area contributed by atoms with Crippen molar-refractivity contribution in [2.75, 3.05) is 11.5 Å². The Bertz CT molecular complexity index is 647. The summed E-state index contributed by atoms with van der Waals surface area (Å²) >= 11 is 2.17. The third-order valence-electron chi connectivity index (χ3n) is 10.5. The Hall–Kier alpha value is 0.01000. The van der Waals surface area contributed by atoms with Gasteiger partial charge in [0.1, 0.15) is 0 Å². The standard InChI is InChI=1S/C28H48O2S/c1-4-5-6-7-8-18-31-19-17-28-16-12-22-23-9-10-25(30)26(23,2)14-13-24(22)27(28,3)15-11-21(29)20-28/h13,21-23,25,29-30H,4-12,14-20H2,1-3H3/t21?,22-,23-,25?,26-,27+,28?/m0/s1. The van der Waals surface area contributed by atoms with Crippen molar-refractivity contribution >= 4 is 11.8 Å². The Morgan fingerprint density at radius 1 is 0.968 bits per heavy atom. The molecule has 3 unspecified atom stereocenters. The first-order valence-electron chi connectivity index (χ1n) is 13.5. The van der Waals surface area contributed by atoms with Crippen molar-refractivity contribution in [2.24, 2.45) is 28.1 Å². The van der Waals surface area contributed by atoms with E-state index in [2.05, 4.69) is 38.6 Å². The zero-order chi connectivity index (χ0) is 22.1. The van der Waals surface area contributed by atoms with Crippen LogP contribution in [0.4, 0.5) is 0 Å². The Kier molecular flexibility index (Phi) is 7.56. The quantitative estimate of drug-likeness (QED) is 0.291. The molecule has 178 valence electrons. The highest BCUT2D eigenvalue weighted by atomic mass is 32.2. The number of unbranched alkanes of at least 4 members (excludes halogenated alkanes) is 4. The molecule has 0 spiro atoms. The van der Waals surface area contributed by atoms with E-state index in [9.17, 15) is 10.2 Å². The lowest BCUT2D eigenvalue weighted by Crippen LogP contribution is -2.55. The molecule has 4 rings (SSSR count). The molecule has 0 radical (unpaired) electrons. The van der Waals surface area contributed by atoms with Gasteiger partial charge in [0.2, 0.25) is 0 Å². The van der Waals surface area contributed by atoms with Gasteiger partial charge in [0, 0.05) is 5.41 Å². The summed E-state index contributed by atoms with van der Waals surface area (Å²) in [5, 5.41) is 21.4. The van der Waals surface area contributed by atoms with Gasteiger partial charge in [0.15, 0.2) is 0 Å². The Morgan fingerprint density at radius 2 is 1.77 bits per heavy atom. The molecule has 0 aromatic rings. The van der Waals surface area contributed by atoms with Gasteiger partial charge < -0.3 is 10.2 Å². The zero-order valence-electron chi connectivity index (χ0n) is 20.5. The first kappa shape index (κ1) is 24.1. The van der Waals surface area contributed by atoms with E-state index in [1.807, 2.05) is 0 Å². The van der Waals surface area contributed by atoms with Crippen LogP contribution in [0.25, 0.3) is 0 Å². The first-order valence-corrected chi connectivity index (χ1v) is 14.7. The molecule has 4 aliphatic rings. The van der Waals surface area contributed by atoms with Crippen molar-refractivity contribution in [3.8, 4) is 0 Å². The second-order valence-electron chi connectivity index (χ2n) is 12.0. The molecule has 2 nitrogen and oxygen atoms in total. The highest BCUT2D eigenvalue weighted by Crippen LogP contribution is 2.69. The maximum Gasteiger partial charge on any atom is 0.0599 e. The van der Waals surface area contributed by atoms with Crippen LogP contribution in [-0.4, -0.2) is 33.9 Å². The Morgan fingerprint density at radius 3 is 2.58 bits per heavy atom. The van der Waals surface area contributed by atoms with E-state index in [4.69, 9.17) is 0 Å². The van der Waals surface area contributed by atoms with Gasteiger partial charge in [-0.15, -0.1) is 0 Å². The van der Waals surface area contributed by atoms with Crippen molar-refractivity contribution in [1.29, 1.82) is 0 Å². The van der Waals surface area contributed by atoms with E-state index in [-0.39, 0.29) is 28.5 Å². The maximum atomic E-state index is 10.7. The largest absolute Gasteiger partial charge is 0.393 e. The van der Waals surface area contributed by atoms with Gasteiger partial charge in [0.25, 0.3) is 0 Å². The normalized spacial score (nSPS) is 44.4. The molecule has 0 aromatic heterocycles. The van der Waals surface area contributed by atoms with Gasteiger partial charge in [-0.1, -0.05) is 58.1 Å². The summed E-state index contributed by atoms with van der Waals surface area (Å²) in [6.07, 6.45) is 19.5. The minimum atomic E-state index is -0.114. The molecular formula is C28H48O2S. The third-order valence-corrected chi connectivity index (χ3v) is 11.5. The van der Waals surface area contributed by atoms with Gasteiger partial charge >= 0.3 is 0 Å². The summed E-state index contributed by atoms with van der Waals surface area (Å²) in [6.45, 7) is 7.21. The number of rotatable bonds is 9. The van der Waals surface area contributed by atoms with E-state index in [0.717, 1.165) is 32.1 Å². The zero-order valence-corrected chi connectivity index (χ0v) is 21.3. The second-order valence-corrected chi connectivity index (χ2v) is 13.2. The smallest absolute Gasteiger partial charge is 0.0599 e. The molecule has 7 atom stereocenters. The fourth-order valence-electron chi connectivity index (χ4n) is 8.32. The lowest BCUT2D eigenvalue weighted by atomic mass is 9.42. The highest BCUT2D eigenvalue weighted by Gasteiger charge is 2.61. The minimum absolute atomic E-state index is 0.104. The number of thioether (sulfide) groups is 1. The maximum absolute atomic E-state index is 10.7. The molecule has 3 saturated carbocycles. The van der Waals surface area contributed by atoms with Crippen molar-refractivity contribution in [3.63, 3.8) is 0 Å². The topological polar surface area (TPSA) is 40.5 Å². The van der Waals surface area contributed by atoms with Crippen LogP contribution < -0.4 is 0 Å². The van der Waals surface area contributed by atoms with Gasteiger partial charge in [-0.3, -0.25) is 0 Å². The van der Waals surface area contributed by atoms with Crippen LogP contribution in [0.1, 0.15) is 111 Å². The summed E-state index contributed by atoms with van der Waals surface area (Å²) in [7, 11) is 0. The van der Waals surface area contributed by atoms with Crippen molar-refractivity contribution in [3.05, 3.63) is 11.6 Å². The van der Waals surface area contributed by atoms with E-state index < -0.39 is 0 Å². The fourth-order valence-corrected chi connectivity index (χ4v) is 9.47. The average molecular weight is 449 g/mol. The first-order chi connectivity index (χ1) is 14.9. The molecule has 0 aromatic carbocycles. The predicted octanol–water partition coefficient (Wildman–Crippen LogP) is 7.13. The second kappa shape index (κ2) is 9.71. The van der Waals surface area contributed by atoms with E-state index in [1.165, 1.54) is 69.3 Å². The van der Waals surface area contributed by atoms with Crippen LogP contribution >= 0.6 is 11.8 Å². The molecule has 0 bridgehead atoms. The van der Waals surface area contributed by atoms with Crippen LogP contribution in [0.5, 0.6) is 0 Å². The number of hydrogen-bond donors (Lipinski definition) is 2. The predicted molar refractivity (Wildman–Crippen MR) is 133 cm³/mol. The summed E-state index contributed by atoms with van der Waals surface area (Å²) in [4.78, 5) is 0. The highest BCUT2D eigenvalue weighted by molar-refractivity contribution is 7.99. The van der Waals surface area contributed by atoms with E-state index >= 15 is 0 Å². The monoisotopic (exact) mass is 448 g/mol. The van der Waals surface area contributed by atoms with Crippen LogP contribution in [-0.2, 0) is 0 Å². The number of fused-ring (bicyclic) bond motifs is 5. The number of allylic oxidation sites excluding steroid dienone is 2. The Balaban J connectivity index is 1.45. The average Bonchev–Trinajstić information content (AvgIpc) is 3.05. The summed E-state index contributed by atoms with van der Waals surface area (Å²) in [5.41, 5.74) is 2.39. The Labute approximate surface area is 196 Å². The van der Waals surface area contributed by atoms with Crippen molar-refractivity contribution < 1.29 is 10.2 Å². The molecule has 3 fully saturated rings. The summed E-state index contributed by atoms with van der Waals surface area (Å²) in [5.74, 6) is 3.91. The molecule has 0 amide bonds. The van der Waals surface area contributed by atoms with E-state index in [0.29, 0.717) is 11.8 Å². The number of aliphatic hydroxyl groups is 2. The van der Waals surface area contributed by atoms with Gasteiger partial charge in [0.05, 0.1) is 12.2 Å². The van der Waals surface area contributed by atoms with Crippen molar-refractivity contribution in [2.45, 2.75) is 123 Å². The molecule has 2 N–H and O–H groups in total. The molecule has 31 heavy (non-hydrogen) atoms. The van der Waals surface area contributed by atoms with E-state index in [1.54, 1.807) is 5.57 Å². The van der Waals surface area contributed by atoms with Gasteiger partial charge in [-0.25, -0.2) is 0 Å². The lowest BCUT2D eigenvalue weighted by molar-refractivity contribution is -0.0866. The molecule has 3 heteroatoms.